The average Bonchev–Trinajstić information content (AvgIpc) is 3.38. The summed E-state index contributed by atoms with van der Waals surface area (Å²) in [5, 5.41) is 11.3. The van der Waals surface area contributed by atoms with Gasteiger partial charge in [-0.15, -0.1) is 5.10 Å². The number of nitrogens with one attached hydrogen (secondary N) is 2. The molecule has 0 atom stereocenters. The molecule has 6 rings (SSSR count). The van der Waals surface area contributed by atoms with Crippen LogP contribution < -0.4 is 15.5 Å². The van der Waals surface area contributed by atoms with Crippen LogP contribution in [0, 0.1) is 20.8 Å². The van der Waals surface area contributed by atoms with Crippen LogP contribution in [-0.2, 0) is 0 Å². The molecule has 0 bridgehead atoms. The number of pyridine rings is 1. The summed E-state index contributed by atoms with van der Waals surface area (Å²) in [7, 11) is 0. The lowest BCUT2D eigenvalue weighted by molar-refractivity contribution is 0.102. The molecule has 2 fully saturated rings. The second-order valence-corrected chi connectivity index (χ2v) is 9.48. The molecule has 4 aromatic heterocycles. The van der Waals surface area contributed by atoms with Crippen molar-refractivity contribution in [1.82, 2.24) is 34.3 Å². The Hall–Kier alpha value is -3.53. The van der Waals surface area contributed by atoms with Crippen LogP contribution in [0.4, 0.5) is 11.6 Å². The molecule has 0 spiro atoms. The quantitative estimate of drug-likeness (QED) is 0.473. The topological polar surface area (TPSA) is 105 Å². The largest absolute Gasteiger partial charge is 0.356 e. The second kappa shape index (κ2) is 8.05. The number of nitrogens with zero attached hydrogens (tertiary/aromatic N) is 7. The SMILES string of the molecule is Cc1cn2cc(NC(=O)c3ccc(N4CCC(NC5CC5)CC4)n4nc(C)nc34)nc2c(C)n1. The predicted molar refractivity (Wildman–Crippen MR) is 130 cm³/mol. The molecule has 10 nitrogen and oxygen atoms in total. The first-order chi connectivity index (χ1) is 16.4. The summed E-state index contributed by atoms with van der Waals surface area (Å²) < 4.78 is 3.69. The van der Waals surface area contributed by atoms with Crippen LogP contribution in [0.1, 0.15) is 53.3 Å². The van der Waals surface area contributed by atoms with E-state index in [1.807, 2.05) is 43.5 Å². The Morgan fingerprint density at radius 1 is 0.941 bits per heavy atom. The van der Waals surface area contributed by atoms with Gasteiger partial charge in [-0.05, 0) is 58.6 Å². The van der Waals surface area contributed by atoms with Gasteiger partial charge in [-0.2, -0.15) is 4.52 Å². The van der Waals surface area contributed by atoms with Crippen molar-refractivity contribution in [3.63, 3.8) is 0 Å². The van der Waals surface area contributed by atoms with Crippen molar-refractivity contribution < 1.29 is 4.79 Å². The van der Waals surface area contributed by atoms with E-state index in [1.165, 1.54) is 12.8 Å². The molecule has 1 amide bonds. The molecule has 1 saturated heterocycles. The van der Waals surface area contributed by atoms with Gasteiger partial charge < -0.3 is 19.9 Å². The molecule has 1 saturated carbocycles. The lowest BCUT2D eigenvalue weighted by Crippen LogP contribution is -2.43. The van der Waals surface area contributed by atoms with Crippen LogP contribution in [0.5, 0.6) is 0 Å². The fraction of sp³-hybridized carbons (Fsp3) is 0.458. The summed E-state index contributed by atoms with van der Waals surface area (Å²) >= 11 is 0. The van der Waals surface area contributed by atoms with Gasteiger partial charge in [0.15, 0.2) is 17.1 Å². The first-order valence-electron chi connectivity index (χ1n) is 12.0. The molecule has 4 aromatic rings. The van der Waals surface area contributed by atoms with Gasteiger partial charge in [-0.25, -0.2) is 9.97 Å². The molecular formula is C24H29N9O. The van der Waals surface area contributed by atoms with Crippen LogP contribution >= 0.6 is 0 Å². The van der Waals surface area contributed by atoms with Crippen molar-refractivity contribution in [3.05, 3.63) is 47.3 Å². The van der Waals surface area contributed by atoms with Gasteiger partial charge in [-0.3, -0.25) is 9.78 Å². The minimum Gasteiger partial charge on any atom is -0.356 e. The molecule has 1 aliphatic heterocycles. The van der Waals surface area contributed by atoms with Crippen molar-refractivity contribution in [2.24, 2.45) is 0 Å². The van der Waals surface area contributed by atoms with E-state index in [4.69, 9.17) is 0 Å². The molecule has 1 aliphatic carbocycles. The van der Waals surface area contributed by atoms with Crippen molar-refractivity contribution in [1.29, 1.82) is 0 Å². The third kappa shape index (κ3) is 3.87. The molecule has 176 valence electrons. The maximum atomic E-state index is 13.2. The fourth-order valence-corrected chi connectivity index (χ4v) is 4.88. The number of hydrogen-bond acceptors (Lipinski definition) is 7. The minimum absolute atomic E-state index is 0.262. The standard InChI is InChI=1S/C24H29N9O/c1-14-12-32-13-20(28-22(32)15(2)25-14)29-24(34)19-6-7-21(33-23(19)26-16(3)30-33)31-10-8-18(9-11-31)27-17-4-5-17/h6-7,12-13,17-18,27H,4-5,8-11H2,1-3H3,(H,29,34). The van der Waals surface area contributed by atoms with E-state index in [9.17, 15) is 4.79 Å². The number of amides is 1. The van der Waals surface area contributed by atoms with E-state index in [-0.39, 0.29) is 5.91 Å². The van der Waals surface area contributed by atoms with E-state index in [0.717, 1.165) is 54.8 Å². The summed E-state index contributed by atoms with van der Waals surface area (Å²) in [6.07, 6.45) is 8.53. The monoisotopic (exact) mass is 459 g/mol. The fourth-order valence-electron chi connectivity index (χ4n) is 4.88. The summed E-state index contributed by atoms with van der Waals surface area (Å²) in [6.45, 7) is 7.61. The third-order valence-electron chi connectivity index (χ3n) is 6.65. The molecule has 0 unspecified atom stereocenters. The number of rotatable bonds is 5. The van der Waals surface area contributed by atoms with Crippen LogP contribution in [0.25, 0.3) is 11.3 Å². The Morgan fingerprint density at radius 2 is 1.71 bits per heavy atom. The van der Waals surface area contributed by atoms with Crippen molar-refractivity contribution in [3.8, 4) is 0 Å². The number of hydrogen-bond donors (Lipinski definition) is 2. The molecule has 2 N–H and O–H groups in total. The number of aryl methyl sites for hydroxylation is 3. The highest BCUT2D eigenvalue weighted by atomic mass is 16.1. The maximum Gasteiger partial charge on any atom is 0.260 e. The van der Waals surface area contributed by atoms with Gasteiger partial charge in [0.25, 0.3) is 5.91 Å². The summed E-state index contributed by atoms with van der Waals surface area (Å²) in [5.74, 6) is 1.82. The molecule has 2 aliphatic rings. The van der Waals surface area contributed by atoms with Gasteiger partial charge in [-0.1, -0.05) is 0 Å². The summed E-state index contributed by atoms with van der Waals surface area (Å²) in [6, 6.07) is 5.15. The van der Waals surface area contributed by atoms with Crippen molar-refractivity contribution >= 4 is 28.8 Å². The first kappa shape index (κ1) is 21.0. The van der Waals surface area contributed by atoms with E-state index in [2.05, 4.69) is 35.6 Å². The van der Waals surface area contributed by atoms with E-state index in [0.29, 0.717) is 28.9 Å². The highest BCUT2D eigenvalue weighted by Gasteiger charge is 2.28. The van der Waals surface area contributed by atoms with Gasteiger partial charge in [0, 0.05) is 31.4 Å². The maximum absolute atomic E-state index is 13.2. The lowest BCUT2D eigenvalue weighted by Gasteiger charge is -2.34. The van der Waals surface area contributed by atoms with Crippen LogP contribution in [-0.4, -0.2) is 60.0 Å². The third-order valence-corrected chi connectivity index (χ3v) is 6.65. The van der Waals surface area contributed by atoms with E-state index in [1.54, 1.807) is 10.7 Å². The van der Waals surface area contributed by atoms with Crippen molar-refractivity contribution in [2.75, 3.05) is 23.3 Å². The van der Waals surface area contributed by atoms with E-state index >= 15 is 0 Å². The Kier molecular flexibility index (Phi) is 4.98. The number of fused-ring (bicyclic) bond motifs is 2. The number of carbonyl (C=O) groups excluding carboxylic acids is 1. The summed E-state index contributed by atoms with van der Waals surface area (Å²) in [4.78, 5) is 29.1. The predicted octanol–water partition coefficient (Wildman–Crippen LogP) is 2.67. The molecule has 10 heteroatoms. The zero-order valence-electron chi connectivity index (χ0n) is 19.7. The molecular weight excluding hydrogens is 430 g/mol. The van der Waals surface area contributed by atoms with Gasteiger partial charge in [0.2, 0.25) is 0 Å². The highest BCUT2D eigenvalue weighted by Crippen LogP contribution is 2.26. The lowest BCUT2D eigenvalue weighted by atomic mass is 10.0. The minimum atomic E-state index is -0.262. The van der Waals surface area contributed by atoms with Gasteiger partial charge in [0.1, 0.15) is 11.6 Å². The van der Waals surface area contributed by atoms with Crippen LogP contribution in [0.15, 0.2) is 24.5 Å². The number of piperidine rings is 1. The number of anilines is 2. The highest BCUT2D eigenvalue weighted by molar-refractivity contribution is 6.08. The smallest absolute Gasteiger partial charge is 0.260 e. The average molecular weight is 460 g/mol. The Morgan fingerprint density at radius 3 is 2.47 bits per heavy atom. The van der Waals surface area contributed by atoms with E-state index < -0.39 is 0 Å². The zero-order chi connectivity index (χ0) is 23.4. The van der Waals surface area contributed by atoms with Crippen LogP contribution in [0.2, 0.25) is 0 Å². The van der Waals surface area contributed by atoms with Crippen LogP contribution in [0.3, 0.4) is 0 Å². The molecule has 0 aromatic carbocycles. The number of imidazole rings is 1. The van der Waals surface area contributed by atoms with Gasteiger partial charge >= 0.3 is 0 Å². The molecule has 34 heavy (non-hydrogen) atoms. The first-order valence-corrected chi connectivity index (χ1v) is 12.0. The molecule has 0 radical (unpaired) electrons. The number of carbonyl (C=O) groups is 1. The Labute approximate surface area is 197 Å². The molecule has 5 heterocycles. The normalized spacial score (nSPS) is 17.1. The van der Waals surface area contributed by atoms with Gasteiger partial charge in [0.05, 0.1) is 23.1 Å². The Balaban J connectivity index is 1.26. The van der Waals surface area contributed by atoms with Crippen molar-refractivity contribution in [2.45, 2.75) is 58.5 Å². The summed E-state index contributed by atoms with van der Waals surface area (Å²) in [5.41, 5.74) is 3.46. The second-order valence-electron chi connectivity index (χ2n) is 9.48. The Bertz CT molecular complexity index is 1390. The number of aromatic nitrogens is 6. The zero-order valence-corrected chi connectivity index (χ0v) is 19.7.